The molecule has 1 rings (SSSR count). The van der Waals surface area contributed by atoms with E-state index in [9.17, 15) is 0 Å². The fourth-order valence-electron chi connectivity index (χ4n) is 0.627. The van der Waals surface area contributed by atoms with Gasteiger partial charge in [0.25, 0.3) is 0 Å². The van der Waals surface area contributed by atoms with Crippen molar-refractivity contribution in [3.63, 3.8) is 0 Å². The number of rotatable bonds is 0. The van der Waals surface area contributed by atoms with E-state index >= 15 is 0 Å². The summed E-state index contributed by atoms with van der Waals surface area (Å²) in [6.07, 6.45) is 0. The van der Waals surface area contributed by atoms with E-state index < -0.39 is 6.48 Å². The summed E-state index contributed by atoms with van der Waals surface area (Å²) >= 11 is 34.7. The van der Waals surface area contributed by atoms with Gasteiger partial charge in [0, 0.05) is 5.56 Å². The van der Waals surface area contributed by atoms with Gasteiger partial charge in [-0.25, -0.2) is 0 Å². The third kappa shape index (κ3) is 18.1. The molecule has 1 aromatic carbocycles. The molecule has 0 heterocycles. The Morgan fingerprint density at radius 3 is 1.24 bits per heavy atom. The predicted molar refractivity (Wildman–Crippen MR) is 66.0 cm³/mol. The molecule has 1 aromatic rings. The molecule has 0 bridgehead atoms. The summed E-state index contributed by atoms with van der Waals surface area (Å²) in [5.74, 6) is 0. The molecule has 9 heteroatoms. The molecule has 0 atom stereocenters. The van der Waals surface area contributed by atoms with E-state index in [1.807, 2.05) is 18.2 Å². The van der Waals surface area contributed by atoms with E-state index in [-0.39, 0.29) is 24.8 Å². The Morgan fingerprint density at radius 1 is 0.765 bits per heavy atom. The average molecular weight is 441 g/mol. The number of hydrogen-bond acceptors (Lipinski definition) is 0. The van der Waals surface area contributed by atoms with Gasteiger partial charge >= 0.3 is 53.5 Å². The minimum atomic E-state index is -1.33. The van der Waals surface area contributed by atoms with Crippen LogP contribution in [0.15, 0.2) is 30.3 Å². The zero-order valence-corrected chi connectivity index (χ0v) is 14.9. The molecule has 0 aliphatic rings. The van der Waals surface area contributed by atoms with Gasteiger partial charge < -0.3 is 24.8 Å². The average Bonchev–Trinajstić information content (AvgIpc) is 2.01. The van der Waals surface area contributed by atoms with Crippen molar-refractivity contribution in [1.29, 1.82) is 0 Å². The molecule has 0 aliphatic heterocycles. The van der Waals surface area contributed by atoms with E-state index in [2.05, 4.69) is 16.0 Å². The third-order valence-corrected chi connectivity index (χ3v) is 1.76. The molecule has 0 spiro atoms. The Morgan fingerprint density at radius 2 is 1.06 bits per heavy atom. The second-order valence-corrected chi connectivity index (χ2v) is 8.55. The van der Waals surface area contributed by atoms with Crippen LogP contribution in [0.5, 0.6) is 0 Å². The first-order chi connectivity index (χ1) is 6.61. The van der Waals surface area contributed by atoms with Crippen molar-refractivity contribution in [1.82, 2.24) is 0 Å². The molecule has 17 heavy (non-hydrogen) atoms. The number of hydrogen-bond donors (Lipinski definition) is 0. The maximum absolute atomic E-state index is 5.59. The molecule has 0 saturated heterocycles. The largest absolute Gasteiger partial charge is 1.00 e. The van der Waals surface area contributed by atoms with Crippen molar-refractivity contribution < 1.29 is 40.8 Å². The molecular formula is C8H5Cl8Fe. The van der Waals surface area contributed by atoms with Crippen LogP contribution in [-0.4, -0.2) is 2.69 Å². The minimum Gasteiger partial charge on any atom is -1.00 e. The van der Waals surface area contributed by atoms with Crippen molar-refractivity contribution in [3.05, 3.63) is 35.9 Å². The van der Waals surface area contributed by atoms with E-state index in [1.54, 1.807) is 12.1 Å². The zero-order chi connectivity index (χ0) is 12.1. The monoisotopic (exact) mass is 437 g/mol. The summed E-state index contributed by atoms with van der Waals surface area (Å²) in [7, 11) is 0. The second kappa shape index (κ2) is 10.8. The zero-order valence-electron chi connectivity index (χ0n) is 7.76. The first kappa shape index (κ1) is 24.1. The number of halogens is 8. The van der Waals surface area contributed by atoms with Gasteiger partial charge in [-0.2, -0.15) is 0 Å². The van der Waals surface area contributed by atoms with Gasteiger partial charge in [-0.05, 0) is 0 Å². The van der Waals surface area contributed by atoms with Crippen LogP contribution in [0, 0.1) is 0 Å². The van der Waals surface area contributed by atoms with Gasteiger partial charge in [-0.3, -0.25) is 0 Å². The Kier molecular flexibility index (Phi) is 15.3. The molecule has 0 N–H and O–H groups in total. The smallest absolute Gasteiger partial charge is 1.00 e. The van der Waals surface area contributed by atoms with Crippen molar-refractivity contribution in [2.75, 3.05) is 0 Å². The quantitative estimate of drug-likeness (QED) is 0.373. The molecule has 0 fully saturated rings. The maximum Gasteiger partial charge on any atom is -1.00 e. The van der Waals surface area contributed by atoms with Crippen LogP contribution in [0.3, 0.4) is 0 Å². The van der Waals surface area contributed by atoms with Crippen LogP contribution in [-0.2, 0) is 19.8 Å². The van der Waals surface area contributed by atoms with Crippen molar-refractivity contribution >= 4 is 69.6 Å². The summed E-state index contributed by atoms with van der Waals surface area (Å²) in [4.78, 5) is 0. The molecule has 0 radical (unpaired) electrons. The van der Waals surface area contributed by atoms with Crippen LogP contribution in [0.1, 0.15) is 5.56 Å². The van der Waals surface area contributed by atoms with Crippen LogP contribution in [0.2, 0.25) is 0 Å². The summed E-state index contributed by atoms with van der Waals surface area (Å²) in [5.41, 5.74) is 0.694. The molecule has 0 amide bonds. The Hall–Kier alpha value is 2.06. The molecular weight excluding hydrogens is 436 g/mol. The molecule has 0 unspecified atom stereocenters. The normalized spacial score (nSPS) is 10.2. The van der Waals surface area contributed by atoms with Gasteiger partial charge in [0.2, 0.25) is 3.79 Å². The first-order valence-electron chi connectivity index (χ1n) is 3.47. The molecule has 0 nitrogen and oxygen atoms in total. The summed E-state index contributed by atoms with van der Waals surface area (Å²) < 4.78 is -2.62. The van der Waals surface area contributed by atoms with Crippen molar-refractivity contribution in [3.8, 4) is 0 Å². The Balaban J connectivity index is -0.000000247. The maximum atomic E-state index is 5.59. The SMILES string of the molecule is ClC(Cl)(Cl)c1ccccc1.Cl[C](Cl)(Cl)[Fe+2].[Cl-].[Cl-]. The third-order valence-electron chi connectivity index (χ3n) is 1.10. The van der Waals surface area contributed by atoms with Crippen LogP contribution >= 0.6 is 69.6 Å². The van der Waals surface area contributed by atoms with Crippen LogP contribution < -0.4 is 24.8 Å². The van der Waals surface area contributed by atoms with Gasteiger partial charge in [-0.15, -0.1) is 0 Å². The van der Waals surface area contributed by atoms with E-state index in [4.69, 9.17) is 69.6 Å². The minimum absolute atomic E-state index is 0. The summed E-state index contributed by atoms with van der Waals surface area (Å²) in [5, 5.41) is 0. The first-order valence-corrected chi connectivity index (χ1v) is 6.29. The van der Waals surface area contributed by atoms with Gasteiger partial charge in [-0.1, -0.05) is 65.1 Å². The van der Waals surface area contributed by atoms with E-state index in [0.29, 0.717) is 5.56 Å². The summed E-state index contributed by atoms with van der Waals surface area (Å²) in [6, 6.07) is 9.08. The number of benzene rings is 1. The van der Waals surface area contributed by atoms with Gasteiger partial charge in [0.1, 0.15) is 0 Å². The molecule has 101 valence electrons. The van der Waals surface area contributed by atoms with Gasteiger partial charge in [0.05, 0.1) is 0 Å². The fourth-order valence-corrected chi connectivity index (χ4v) is 1.01. The van der Waals surface area contributed by atoms with E-state index in [0.717, 1.165) is 0 Å². The van der Waals surface area contributed by atoms with Crippen molar-refractivity contribution in [2.45, 2.75) is 6.48 Å². The van der Waals surface area contributed by atoms with Crippen LogP contribution in [0.25, 0.3) is 0 Å². The summed E-state index contributed by atoms with van der Waals surface area (Å²) in [6.45, 7) is 0. The molecule has 0 aliphatic carbocycles. The number of alkyl halides is 6. The van der Waals surface area contributed by atoms with E-state index in [1.165, 1.54) is 0 Å². The molecule has 0 saturated carbocycles. The Labute approximate surface area is 151 Å². The topological polar surface area (TPSA) is 0 Å². The predicted octanol–water partition coefficient (Wildman–Crippen LogP) is -0.618. The van der Waals surface area contributed by atoms with Gasteiger partial charge in [0.15, 0.2) is 0 Å². The van der Waals surface area contributed by atoms with Crippen molar-refractivity contribution in [2.24, 2.45) is 0 Å². The standard InChI is InChI=1S/C7H5Cl3.CCl3.2ClH.Fe/c8-7(9,10)6-4-2-1-3-5-6;2-1(3)4;;;/h1-5H;;2*1H;/q;;;;+2/p-2. The second-order valence-electron chi connectivity index (χ2n) is 2.28. The molecule has 0 aromatic heterocycles. The Bertz CT molecular complexity index is 272. The fraction of sp³-hybridized carbons (Fsp3) is 0.250. The van der Waals surface area contributed by atoms with Crippen LogP contribution in [0.4, 0.5) is 0 Å².